The van der Waals surface area contributed by atoms with Gasteiger partial charge in [0.05, 0.1) is 6.61 Å². The molecule has 0 amide bonds. The third-order valence-electron chi connectivity index (χ3n) is 2.35. The van der Waals surface area contributed by atoms with E-state index >= 15 is 0 Å². The molecule has 0 unspecified atom stereocenters. The van der Waals surface area contributed by atoms with Gasteiger partial charge in [-0.2, -0.15) is 0 Å². The van der Waals surface area contributed by atoms with E-state index in [0.717, 1.165) is 30.5 Å². The van der Waals surface area contributed by atoms with Gasteiger partial charge in [-0.25, -0.2) is 9.78 Å². The molecule has 1 rings (SSSR count). The van der Waals surface area contributed by atoms with Gasteiger partial charge >= 0.3 is 5.97 Å². The van der Waals surface area contributed by atoms with Crippen molar-refractivity contribution >= 4 is 5.97 Å². The lowest BCUT2D eigenvalue weighted by Crippen LogP contribution is -2.09. The van der Waals surface area contributed by atoms with Gasteiger partial charge in [0.2, 0.25) is 0 Å². The quantitative estimate of drug-likeness (QED) is 0.606. The molecule has 4 nitrogen and oxygen atoms in total. The number of unbranched alkanes of at least 4 members (excludes halogenated alkanes) is 1. The van der Waals surface area contributed by atoms with E-state index in [9.17, 15) is 4.79 Å². The molecule has 0 aliphatic carbocycles. The Morgan fingerprint density at radius 3 is 2.82 bits per heavy atom. The summed E-state index contributed by atoms with van der Waals surface area (Å²) < 4.78 is 4.92. The fourth-order valence-corrected chi connectivity index (χ4v) is 1.59. The van der Waals surface area contributed by atoms with Gasteiger partial charge in [-0.1, -0.05) is 0 Å². The van der Waals surface area contributed by atoms with Crippen LogP contribution in [-0.2, 0) is 11.2 Å². The Balaban J connectivity index is 2.75. The Kier molecular flexibility index (Phi) is 5.63. The van der Waals surface area contributed by atoms with Gasteiger partial charge in [-0.05, 0) is 50.8 Å². The zero-order valence-corrected chi connectivity index (χ0v) is 10.4. The van der Waals surface area contributed by atoms with E-state index in [0.29, 0.717) is 12.3 Å². The second-order valence-corrected chi connectivity index (χ2v) is 3.92. The number of carbonyl (C=O) groups is 1. The molecule has 0 aromatic carbocycles. The van der Waals surface area contributed by atoms with Crippen molar-refractivity contribution in [3.8, 4) is 0 Å². The van der Waals surface area contributed by atoms with E-state index in [1.165, 1.54) is 0 Å². The van der Waals surface area contributed by atoms with Gasteiger partial charge < -0.3 is 9.84 Å². The van der Waals surface area contributed by atoms with Crippen LogP contribution in [0, 0.1) is 6.92 Å². The predicted molar refractivity (Wildman–Crippen MR) is 65.0 cm³/mol. The summed E-state index contributed by atoms with van der Waals surface area (Å²) in [6.07, 6.45) is 2.40. The third-order valence-corrected chi connectivity index (χ3v) is 2.35. The van der Waals surface area contributed by atoms with Gasteiger partial charge in [0.1, 0.15) is 5.69 Å². The van der Waals surface area contributed by atoms with Crippen LogP contribution in [0.15, 0.2) is 12.1 Å². The van der Waals surface area contributed by atoms with Crippen LogP contribution >= 0.6 is 0 Å². The largest absolute Gasteiger partial charge is 0.461 e. The zero-order valence-electron chi connectivity index (χ0n) is 10.4. The number of pyridine rings is 1. The van der Waals surface area contributed by atoms with Crippen molar-refractivity contribution in [1.82, 2.24) is 4.98 Å². The van der Waals surface area contributed by atoms with Crippen LogP contribution in [0.1, 0.15) is 41.5 Å². The van der Waals surface area contributed by atoms with Crippen molar-refractivity contribution in [2.24, 2.45) is 0 Å². The van der Waals surface area contributed by atoms with Crippen molar-refractivity contribution in [3.63, 3.8) is 0 Å². The predicted octanol–water partition coefficient (Wildman–Crippen LogP) is 1.88. The van der Waals surface area contributed by atoms with Crippen LogP contribution in [0.3, 0.4) is 0 Å². The maximum atomic E-state index is 11.6. The number of aryl methyl sites for hydroxylation is 2. The van der Waals surface area contributed by atoms with Crippen molar-refractivity contribution < 1.29 is 14.6 Å². The highest BCUT2D eigenvalue weighted by Crippen LogP contribution is 2.09. The van der Waals surface area contributed by atoms with E-state index in [-0.39, 0.29) is 12.6 Å². The van der Waals surface area contributed by atoms with Crippen LogP contribution < -0.4 is 0 Å². The lowest BCUT2D eigenvalue weighted by atomic mass is 10.1. The number of ether oxygens (including phenoxy) is 1. The average molecular weight is 237 g/mol. The maximum absolute atomic E-state index is 11.6. The highest BCUT2D eigenvalue weighted by molar-refractivity contribution is 5.87. The molecular weight excluding hydrogens is 218 g/mol. The Morgan fingerprint density at radius 2 is 2.18 bits per heavy atom. The minimum Gasteiger partial charge on any atom is -0.461 e. The number of hydrogen-bond donors (Lipinski definition) is 1. The van der Waals surface area contributed by atoms with Crippen molar-refractivity contribution in [2.45, 2.75) is 33.1 Å². The Hall–Kier alpha value is -1.42. The molecular formula is C13H19NO3. The zero-order chi connectivity index (χ0) is 12.7. The summed E-state index contributed by atoms with van der Waals surface area (Å²) in [4.78, 5) is 15.8. The van der Waals surface area contributed by atoms with Crippen LogP contribution in [0.4, 0.5) is 0 Å². The highest BCUT2D eigenvalue weighted by atomic mass is 16.5. The first-order chi connectivity index (χ1) is 8.17. The van der Waals surface area contributed by atoms with E-state index in [2.05, 4.69) is 4.98 Å². The molecule has 0 fully saturated rings. The summed E-state index contributed by atoms with van der Waals surface area (Å²) in [6, 6.07) is 3.69. The van der Waals surface area contributed by atoms with Crippen LogP contribution in [0.5, 0.6) is 0 Å². The standard InChI is InChI=1S/C13H19NO3/c1-3-17-13(16)12-9-10(2)8-11(14-12)6-4-5-7-15/h8-9,15H,3-7H2,1-2H3. The number of rotatable bonds is 6. The molecule has 0 aliphatic rings. The molecule has 17 heavy (non-hydrogen) atoms. The fraction of sp³-hybridized carbons (Fsp3) is 0.538. The van der Waals surface area contributed by atoms with Gasteiger partial charge in [0, 0.05) is 12.3 Å². The first-order valence-corrected chi connectivity index (χ1v) is 5.93. The van der Waals surface area contributed by atoms with Gasteiger partial charge in [-0.3, -0.25) is 0 Å². The van der Waals surface area contributed by atoms with Crippen LogP contribution in [-0.4, -0.2) is 29.3 Å². The number of nitrogens with zero attached hydrogens (tertiary/aromatic N) is 1. The molecule has 94 valence electrons. The van der Waals surface area contributed by atoms with Crippen molar-refractivity contribution in [2.75, 3.05) is 13.2 Å². The lowest BCUT2D eigenvalue weighted by molar-refractivity contribution is 0.0519. The van der Waals surface area contributed by atoms with Crippen molar-refractivity contribution in [3.05, 3.63) is 29.1 Å². The van der Waals surface area contributed by atoms with Crippen LogP contribution in [0.25, 0.3) is 0 Å². The molecule has 1 heterocycles. The number of hydrogen-bond acceptors (Lipinski definition) is 4. The molecule has 0 saturated heterocycles. The van der Waals surface area contributed by atoms with E-state index in [1.54, 1.807) is 13.0 Å². The van der Waals surface area contributed by atoms with E-state index in [4.69, 9.17) is 9.84 Å². The summed E-state index contributed by atoms with van der Waals surface area (Å²) in [5.41, 5.74) is 2.24. The molecule has 1 aromatic heterocycles. The van der Waals surface area contributed by atoms with Gasteiger partial charge in [0.25, 0.3) is 0 Å². The first-order valence-electron chi connectivity index (χ1n) is 5.93. The summed E-state index contributed by atoms with van der Waals surface area (Å²) >= 11 is 0. The molecule has 0 aliphatic heterocycles. The van der Waals surface area contributed by atoms with E-state index < -0.39 is 0 Å². The molecule has 4 heteroatoms. The number of esters is 1. The normalized spacial score (nSPS) is 10.3. The summed E-state index contributed by atoms with van der Waals surface area (Å²) in [5, 5.41) is 8.72. The second kappa shape index (κ2) is 7.01. The Bertz CT molecular complexity index is 377. The Labute approximate surface area is 102 Å². The number of aliphatic hydroxyl groups is 1. The summed E-state index contributed by atoms with van der Waals surface area (Å²) in [5.74, 6) is -0.375. The van der Waals surface area contributed by atoms with Gasteiger partial charge in [0.15, 0.2) is 0 Å². The highest BCUT2D eigenvalue weighted by Gasteiger charge is 2.10. The molecule has 0 saturated carbocycles. The Morgan fingerprint density at radius 1 is 1.41 bits per heavy atom. The number of aromatic nitrogens is 1. The summed E-state index contributed by atoms with van der Waals surface area (Å²) in [6.45, 7) is 4.25. The monoisotopic (exact) mass is 237 g/mol. The molecule has 1 N–H and O–H groups in total. The average Bonchev–Trinajstić information content (AvgIpc) is 2.29. The molecule has 0 bridgehead atoms. The molecule has 0 spiro atoms. The second-order valence-electron chi connectivity index (χ2n) is 3.92. The molecule has 0 radical (unpaired) electrons. The SMILES string of the molecule is CCOC(=O)c1cc(C)cc(CCCCO)n1. The number of carbonyl (C=O) groups excluding carboxylic acids is 1. The van der Waals surface area contributed by atoms with E-state index in [1.807, 2.05) is 13.0 Å². The number of aliphatic hydroxyl groups excluding tert-OH is 1. The summed E-state index contributed by atoms with van der Waals surface area (Å²) in [7, 11) is 0. The smallest absolute Gasteiger partial charge is 0.356 e. The van der Waals surface area contributed by atoms with Gasteiger partial charge in [-0.15, -0.1) is 0 Å². The minimum absolute atomic E-state index is 0.191. The molecule has 0 atom stereocenters. The molecule has 1 aromatic rings. The minimum atomic E-state index is -0.375. The topological polar surface area (TPSA) is 59.4 Å². The van der Waals surface area contributed by atoms with Crippen molar-refractivity contribution in [1.29, 1.82) is 0 Å². The lowest BCUT2D eigenvalue weighted by Gasteiger charge is -2.06. The maximum Gasteiger partial charge on any atom is 0.356 e. The first kappa shape index (κ1) is 13.6. The van der Waals surface area contributed by atoms with Crippen LogP contribution in [0.2, 0.25) is 0 Å². The third kappa shape index (κ3) is 4.53. The fourth-order valence-electron chi connectivity index (χ4n) is 1.59.